The minimum absolute atomic E-state index is 0.227. The molecule has 4 heteroatoms. The number of hydrogen-bond donors (Lipinski definition) is 2. The molecule has 1 heterocycles. The molecule has 0 amide bonds. The van der Waals surface area contributed by atoms with Crippen molar-refractivity contribution in [3.63, 3.8) is 0 Å². The Kier molecular flexibility index (Phi) is 5.84. The largest absolute Gasteiger partial charge is 0.396 e. The molecule has 1 aromatic carbocycles. The quantitative estimate of drug-likeness (QED) is 0.767. The summed E-state index contributed by atoms with van der Waals surface area (Å²) < 4.78 is 0. The molecule has 1 atom stereocenters. The van der Waals surface area contributed by atoms with Crippen LogP contribution < -0.4 is 5.32 Å². The van der Waals surface area contributed by atoms with Gasteiger partial charge in [-0.05, 0) is 38.4 Å². The maximum absolute atomic E-state index is 8.80. The van der Waals surface area contributed by atoms with Crippen LogP contribution in [-0.4, -0.2) is 34.3 Å². The van der Waals surface area contributed by atoms with Gasteiger partial charge in [-0.3, -0.25) is 0 Å². The zero-order valence-electron chi connectivity index (χ0n) is 12.7. The molecular formula is C17H23N3O. The number of nitrogens with one attached hydrogen (secondary N) is 1. The third kappa shape index (κ3) is 4.62. The Morgan fingerprint density at radius 3 is 2.81 bits per heavy atom. The van der Waals surface area contributed by atoms with Crippen LogP contribution >= 0.6 is 0 Å². The number of benzene rings is 1. The van der Waals surface area contributed by atoms with E-state index in [-0.39, 0.29) is 6.61 Å². The Bertz CT molecular complexity index is 571. The van der Waals surface area contributed by atoms with Crippen molar-refractivity contribution < 1.29 is 5.11 Å². The van der Waals surface area contributed by atoms with Crippen LogP contribution in [0.5, 0.6) is 0 Å². The molecule has 1 unspecified atom stereocenters. The first-order valence-electron chi connectivity index (χ1n) is 7.43. The lowest BCUT2D eigenvalue weighted by molar-refractivity contribution is 0.283. The zero-order chi connectivity index (χ0) is 15.1. The number of aryl methyl sites for hydroxylation is 1. The molecule has 0 spiro atoms. The first-order chi connectivity index (χ1) is 10.2. The van der Waals surface area contributed by atoms with Crippen molar-refractivity contribution in [2.75, 3.05) is 13.2 Å². The number of aliphatic hydroxyl groups excluding tert-OH is 1. The molecule has 0 aliphatic rings. The Morgan fingerprint density at radius 2 is 2.05 bits per heavy atom. The van der Waals surface area contributed by atoms with Crippen molar-refractivity contribution in [2.45, 2.75) is 32.7 Å². The van der Waals surface area contributed by atoms with Crippen molar-refractivity contribution in [1.82, 2.24) is 15.3 Å². The molecule has 0 aliphatic heterocycles. The maximum atomic E-state index is 8.80. The normalized spacial score (nSPS) is 12.3. The van der Waals surface area contributed by atoms with Gasteiger partial charge in [-0.15, -0.1) is 0 Å². The monoisotopic (exact) mass is 285 g/mol. The third-order valence-electron chi connectivity index (χ3n) is 3.44. The lowest BCUT2D eigenvalue weighted by Gasteiger charge is -2.13. The lowest BCUT2D eigenvalue weighted by Crippen LogP contribution is -2.29. The van der Waals surface area contributed by atoms with Gasteiger partial charge in [-0.2, -0.15) is 0 Å². The van der Waals surface area contributed by atoms with E-state index in [4.69, 9.17) is 5.11 Å². The molecule has 4 nitrogen and oxygen atoms in total. The molecule has 0 saturated heterocycles. The van der Waals surface area contributed by atoms with Gasteiger partial charge in [-0.1, -0.05) is 24.3 Å². The fraction of sp³-hybridized carbons (Fsp3) is 0.412. The Morgan fingerprint density at radius 1 is 1.24 bits per heavy atom. The fourth-order valence-electron chi connectivity index (χ4n) is 2.28. The van der Waals surface area contributed by atoms with E-state index in [2.05, 4.69) is 41.3 Å². The van der Waals surface area contributed by atoms with Gasteiger partial charge in [0.25, 0.3) is 0 Å². The summed E-state index contributed by atoms with van der Waals surface area (Å²) in [5.74, 6) is 0.785. The number of nitrogens with zero attached hydrogens (tertiary/aromatic N) is 2. The average Bonchev–Trinajstić information content (AvgIpc) is 2.48. The van der Waals surface area contributed by atoms with Crippen LogP contribution in [0.2, 0.25) is 0 Å². The summed E-state index contributed by atoms with van der Waals surface area (Å²) in [4.78, 5) is 9.06. The highest BCUT2D eigenvalue weighted by Gasteiger charge is 2.08. The predicted molar refractivity (Wildman–Crippen MR) is 85.1 cm³/mol. The SMILES string of the molecule is Cc1ccccc1-c1nccc(CC(C)NCCCO)n1. The molecule has 0 aliphatic carbocycles. The number of aromatic nitrogens is 2. The van der Waals surface area contributed by atoms with E-state index < -0.39 is 0 Å². The third-order valence-corrected chi connectivity index (χ3v) is 3.44. The molecule has 0 fully saturated rings. The summed E-state index contributed by atoms with van der Waals surface area (Å²) in [6, 6.07) is 10.5. The van der Waals surface area contributed by atoms with Crippen molar-refractivity contribution in [3.05, 3.63) is 47.8 Å². The summed E-state index contributed by atoms with van der Waals surface area (Å²) in [7, 11) is 0. The lowest BCUT2D eigenvalue weighted by atomic mass is 10.1. The van der Waals surface area contributed by atoms with Gasteiger partial charge >= 0.3 is 0 Å². The minimum atomic E-state index is 0.227. The van der Waals surface area contributed by atoms with Crippen LogP contribution in [0.1, 0.15) is 24.6 Å². The minimum Gasteiger partial charge on any atom is -0.396 e. The summed E-state index contributed by atoms with van der Waals surface area (Å²) >= 11 is 0. The zero-order valence-corrected chi connectivity index (χ0v) is 12.7. The van der Waals surface area contributed by atoms with Gasteiger partial charge < -0.3 is 10.4 Å². The number of aliphatic hydroxyl groups is 1. The summed E-state index contributed by atoms with van der Waals surface area (Å²) in [5.41, 5.74) is 3.30. The highest BCUT2D eigenvalue weighted by Crippen LogP contribution is 2.19. The molecule has 0 saturated carbocycles. The van der Waals surface area contributed by atoms with Gasteiger partial charge in [0, 0.05) is 36.5 Å². The van der Waals surface area contributed by atoms with Crippen LogP contribution in [0.4, 0.5) is 0 Å². The molecule has 0 bridgehead atoms. The second-order valence-corrected chi connectivity index (χ2v) is 5.32. The first-order valence-corrected chi connectivity index (χ1v) is 7.43. The van der Waals surface area contributed by atoms with Gasteiger partial charge in [0.1, 0.15) is 0 Å². The molecule has 2 N–H and O–H groups in total. The van der Waals surface area contributed by atoms with Crippen molar-refractivity contribution in [2.24, 2.45) is 0 Å². The Labute approximate surface area is 126 Å². The predicted octanol–water partition coefficient (Wildman–Crippen LogP) is 2.36. The smallest absolute Gasteiger partial charge is 0.159 e. The molecule has 1 aromatic heterocycles. The van der Waals surface area contributed by atoms with Gasteiger partial charge in [0.15, 0.2) is 5.82 Å². The second kappa shape index (κ2) is 7.86. The number of rotatable bonds is 7. The average molecular weight is 285 g/mol. The summed E-state index contributed by atoms with van der Waals surface area (Å²) in [6.07, 6.45) is 3.46. The van der Waals surface area contributed by atoms with Crippen molar-refractivity contribution in [3.8, 4) is 11.4 Å². The van der Waals surface area contributed by atoms with Crippen LogP contribution in [-0.2, 0) is 6.42 Å². The van der Waals surface area contributed by atoms with E-state index >= 15 is 0 Å². The van der Waals surface area contributed by atoms with E-state index in [0.29, 0.717) is 6.04 Å². The van der Waals surface area contributed by atoms with Crippen molar-refractivity contribution in [1.29, 1.82) is 0 Å². The number of hydrogen-bond acceptors (Lipinski definition) is 4. The molecular weight excluding hydrogens is 262 g/mol. The van der Waals surface area contributed by atoms with Crippen LogP contribution in [0, 0.1) is 6.92 Å². The van der Waals surface area contributed by atoms with E-state index in [1.807, 2.05) is 24.4 Å². The van der Waals surface area contributed by atoms with E-state index in [0.717, 1.165) is 36.5 Å². The van der Waals surface area contributed by atoms with E-state index in [1.165, 1.54) is 5.56 Å². The topological polar surface area (TPSA) is 58.0 Å². The van der Waals surface area contributed by atoms with Gasteiger partial charge in [0.05, 0.1) is 0 Å². The molecule has 112 valence electrons. The maximum Gasteiger partial charge on any atom is 0.159 e. The van der Waals surface area contributed by atoms with Crippen LogP contribution in [0.25, 0.3) is 11.4 Å². The molecule has 2 rings (SSSR count). The van der Waals surface area contributed by atoms with Crippen LogP contribution in [0.3, 0.4) is 0 Å². The van der Waals surface area contributed by atoms with Gasteiger partial charge in [0.2, 0.25) is 0 Å². The van der Waals surface area contributed by atoms with Crippen molar-refractivity contribution >= 4 is 0 Å². The Balaban J connectivity index is 2.06. The second-order valence-electron chi connectivity index (χ2n) is 5.32. The van der Waals surface area contributed by atoms with Crippen LogP contribution in [0.15, 0.2) is 36.5 Å². The standard InChI is InChI=1S/C17H23N3O/c1-13-6-3-4-7-16(13)17-19-10-8-15(20-17)12-14(2)18-9-5-11-21/h3-4,6-8,10,14,18,21H,5,9,11-12H2,1-2H3. The molecule has 21 heavy (non-hydrogen) atoms. The van der Waals surface area contributed by atoms with E-state index in [9.17, 15) is 0 Å². The van der Waals surface area contributed by atoms with E-state index in [1.54, 1.807) is 0 Å². The molecule has 0 radical (unpaired) electrons. The highest BCUT2D eigenvalue weighted by atomic mass is 16.3. The van der Waals surface area contributed by atoms with Gasteiger partial charge in [-0.25, -0.2) is 9.97 Å². The Hall–Kier alpha value is -1.78. The fourth-order valence-corrected chi connectivity index (χ4v) is 2.28. The highest BCUT2D eigenvalue weighted by molar-refractivity contribution is 5.59. The first kappa shape index (κ1) is 15.6. The summed E-state index contributed by atoms with van der Waals surface area (Å²) in [6.45, 7) is 5.26. The molecule has 2 aromatic rings. The summed E-state index contributed by atoms with van der Waals surface area (Å²) in [5, 5.41) is 12.2.